The molecule has 0 aliphatic carbocycles. The van der Waals surface area contributed by atoms with Crippen LogP contribution in [0.25, 0.3) is 10.6 Å². The summed E-state index contributed by atoms with van der Waals surface area (Å²) in [7, 11) is 0. The molecule has 6 nitrogen and oxygen atoms in total. The molecule has 1 fully saturated rings. The smallest absolute Gasteiger partial charge is 0.228 e. The summed E-state index contributed by atoms with van der Waals surface area (Å²) in [5, 5.41) is 5.76. The first-order valence-corrected chi connectivity index (χ1v) is 11.0. The number of hydrogen-bond donors (Lipinski definition) is 1. The molecule has 3 heterocycles. The fourth-order valence-corrected chi connectivity index (χ4v) is 4.36. The number of nitrogens with one attached hydrogen (secondary N) is 1. The highest BCUT2D eigenvalue weighted by Gasteiger charge is 2.27. The standard InChI is InChI=1S/C23H24N4O2S/c1-16-7-8-20(24-14-16)26-22(29)17-9-11-27(12-10-17)21(28)13-19-15-30-23(25-19)18-5-3-2-4-6-18/h2-8,14-15,17H,9-13H2,1H3,(H,24,26,29). The monoisotopic (exact) mass is 420 g/mol. The molecule has 30 heavy (non-hydrogen) atoms. The predicted molar refractivity (Wildman–Crippen MR) is 118 cm³/mol. The highest BCUT2D eigenvalue weighted by Crippen LogP contribution is 2.24. The van der Waals surface area contributed by atoms with Crippen LogP contribution >= 0.6 is 11.3 Å². The van der Waals surface area contributed by atoms with Gasteiger partial charge in [0.05, 0.1) is 12.1 Å². The number of thiazole rings is 1. The first-order valence-electron chi connectivity index (χ1n) is 10.1. The maximum Gasteiger partial charge on any atom is 0.228 e. The van der Waals surface area contributed by atoms with Crippen molar-refractivity contribution in [2.24, 2.45) is 5.92 Å². The van der Waals surface area contributed by atoms with E-state index in [1.165, 1.54) is 0 Å². The topological polar surface area (TPSA) is 75.2 Å². The van der Waals surface area contributed by atoms with Gasteiger partial charge in [-0.05, 0) is 31.4 Å². The zero-order valence-corrected chi connectivity index (χ0v) is 17.7. The summed E-state index contributed by atoms with van der Waals surface area (Å²) in [6.07, 6.45) is 3.36. The second-order valence-electron chi connectivity index (χ2n) is 7.55. The van der Waals surface area contributed by atoms with Crippen LogP contribution in [0.15, 0.2) is 54.0 Å². The van der Waals surface area contributed by atoms with Crippen molar-refractivity contribution in [2.45, 2.75) is 26.2 Å². The molecular weight excluding hydrogens is 396 g/mol. The van der Waals surface area contributed by atoms with Gasteiger partial charge >= 0.3 is 0 Å². The number of rotatable bonds is 5. The van der Waals surface area contributed by atoms with E-state index in [1.54, 1.807) is 17.5 Å². The van der Waals surface area contributed by atoms with Crippen molar-refractivity contribution < 1.29 is 9.59 Å². The normalized spacial score (nSPS) is 14.5. The van der Waals surface area contributed by atoms with Gasteiger partial charge < -0.3 is 10.2 Å². The molecular formula is C23H24N4O2S. The first kappa shape index (κ1) is 20.2. The number of pyridine rings is 1. The lowest BCUT2D eigenvalue weighted by Gasteiger charge is -2.31. The van der Waals surface area contributed by atoms with Gasteiger partial charge in [0.2, 0.25) is 11.8 Å². The van der Waals surface area contributed by atoms with Crippen molar-refractivity contribution in [1.82, 2.24) is 14.9 Å². The van der Waals surface area contributed by atoms with E-state index in [4.69, 9.17) is 0 Å². The van der Waals surface area contributed by atoms with Crippen molar-refractivity contribution in [1.29, 1.82) is 0 Å². The summed E-state index contributed by atoms with van der Waals surface area (Å²) in [5.41, 5.74) is 2.92. The number of amides is 2. The summed E-state index contributed by atoms with van der Waals surface area (Å²) >= 11 is 1.56. The SMILES string of the molecule is Cc1ccc(NC(=O)C2CCN(C(=O)Cc3csc(-c4ccccc4)n3)CC2)nc1. The summed E-state index contributed by atoms with van der Waals surface area (Å²) in [5.74, 6) is 0.521. The van der Waals surface area contributed by atoms with Crippen molar-refractivity contribution in [3.63, 3.8) is 0 Å². The summed E-state index contributed by atoms with van der Waals surface area (Å²) in [6, 6.07) is 13.7. The number of aryl methyl sites for hydroxylation is 1. The zero-order valence-electron chi connectivity index (χ0n) is 16.9. The fourth-order valence-electron chi connectivity index (χ4n) is 3.53. The number of aromatic nitrogens is 2. The van der Waals surface area contributed by atoms with Gasteiger partial charge in [-0.15, -0.1) is 11.3 Å². The van der Waals surface area contributed by atoms with Crippen molar-refractivity contribution >= 4 is 29.0 Å². The number of carbonyl (C=O) groups is 2. The van der Waals surface area contributed by atoms with Crippen LogP contribution in [0.5, 0.6) is 0 Å². The van der Waals surface area contributed by atoms with E-state index in [1.807, 2.05) is 59.7 Å². The Morgan fingerprint density at radius 2 is 1.90 bits per heavy atom. The maximum absolute atomic E-state index is 12.7. The molecule has 1 saturated heterocycles. The highest BCUT2D eigenvalue weighted by molar-refractivity contribution is 7.13. The van der Waals surface area contributed by atoms with Crippen LogP contribution in [0.3, 0.4) is 0 Å². The van der Waals surface area contributed by atoms with E-state index in [2.05, 4.69) is 15.3 Å². The average molecular weight is 421 g/mol. The Morgan fingerprint density at radius 1 is 1.13 bits per heavy atom. The number of hydrogen-bond acceptors (Lipinski definition) is 5. The fraction of sp³-hybridized carbons (Fsp3) is 0.304. The molecule has 0 radical (unpaired) electrons. The molecule has 4 rings (SSSR count). The number of nitrogens with zero attached hydrogens (tertiary/aromatic N) is 3. The zero-order chi connectivity index (χ0) is 20.9. The van der Waals surface area contributed by atoms with E-state index in [0.717, 1.165) is 21.8 Å². The molecule has 1 N–H and O–H groups in total. The Labute approximate surface area is 180 Å². The molecule has 7 heteroatoms. The number of likely N-dealkylation sites (tertiary alicyclic amines) is 1. The molecule has 0 bridgehead atoms. The van der Waals surface area contributed by atoms with Gasteiger partial charge in [0.1, 0.15) is 10.8 Å². The predicted octanol–water partition coefficient (Wildman–Crippen LogP) is 3.93. The number of benzene rings is 1. The third kappa shape index (κ3) is 4.91. The van der Waals surface area contributed by atoms with Crippen molar-refractivity contribution in [3.05, 3.63) is 65.3 Å². The van der Waals surface area contributed by atoms with Crippen molar-refractivity contribution in [3.8, 4) is 10.6 Å². The average Bonchev–Trinajstić information content (AvgIpc) is 3.24. The summed E-state index contributed by atoms with van der Waals surface area (Å²) in [4.78, 5) is 35.9. The van der Waals surface area contributed by atoms with Crippen LogP contribution in [0, 0.1) is 12.8 Å². The van der Waals surface area contributed by atoms with Gasteiger partial charge in [0.25, 0.3) is 0 Å². The van der Waals surface area contributed by atoms with Crippen LogP contribution in [0.2, 0.25) is 0 Å². The molecule has 154 valence electrons. The number of carbonyl (C=O) groups excluding carboxylic acids is 2. The van der Waals surface area contributed by atoms with Crippen LogP contribution in [0.4, 0.5) is 5.82 Å². The Morgan fingerprint density at radius 3 is 2.60 bits per heavy atom. The minimum atomic E-state index is -0.0962. The van der Waals surface area contributed by atoms with Gasteiger partial charge in [-0.25, -0.2) is 9.97 Å². The quantitative estimate of drug-likeness (QED) is 0.679. The van der Waals surface area contributed by atoms with Gasteiger partial charge in [0, 0.05) is 36.1 Å². The molecule has 0 spiro atoms. The Bertz CT molecular complexity index is 1010. The number of piperidine rings is 1. The highest BCUT2D eigenvalue weighted by atomic mass is 32.1. The van der Waals surface area contributed by atoms with E-state index >= 15 is 0 Å². The Hall–Kier alpha value is -3.06. The van der Waals surface area contributed by atoms with Crippen LogP contribution in [0.1, 0.15) is 24.1 Å². The Balaban J connectivity index is 1.27. The molecule has 0 atom stereocenters. The molecule has 3 aromatic rings. The summed E-state index contributed by atoms with van der Waals surface area (Å²) in [6.45, 7) is 3.14. The molecule has 1 aromatic carbocycles. The molecule has 0 unspecified atom stereocenters. The molecule has 2 aromatic heterocycles. The van der Waals surface area contributed by atoms with Gasteiger partial charge in [-0.1, -0.05) is 36.4 Å². The third-order valence-corrected chi connectivity index (χ3v) is 6.23. The first-order chi connectivity index (χ1) is 14.6. The van der Waals surface area contributed by atoms with Crippen LogP contribution < -0.4 is 5.32 Å². The molecule has 2 amide bonds. The lowest BCUT2D eigenvalue weighted by molar-refractivity contribution is -0.133. The largest absolute Gasteiger partial charge is 0.342 e. The van der Waals surface area contributed by atoms with Gasteiger partial charge in [-0.2, -0.15) is 0 Å². The molecule has 0 saturated carbocycles. The lowest BCUT2D eigenvalue weighted by atomic mass is 9.95. The maximum atomic E-state index is 12.7. The minimum Gasteiger partial charge on any atom is -0.342 e. The van der Waals surface area contributed by atoms with E-state index in [-0.39, 0.29) is 17.7 Å². The lowest BCUT2D eigenvalue weighted by Crippen LogP contribution is -2.42. The van der Waals surface area contributed by atoms with E-state index in [0.29, 0.717) is 38.2 Å². The molecule has 1 aliphatic rings. The summed E-state index contributed by atoms with van der Waals surface area (Å²) < 4.78 is 0. The van der Waals surface area contributed by atoms with E-state index in [9.17, 15) is 9.59 Å². The van der Waals surface area contributed by atoms with Gasteiger partial charge in [0.15, 0.2) is 0 Å². The number of anilines is 1. The van der Waals surface area contributed by atoms with Crippen LogP contribution in [-0.2, 0) is 16.0 Å². The second kappa shape index (κ2) is 9.17. The third-order valence-electron chi connectivity index (χ3n) is 5.29. The van der Waals surface area contributed by atoms with Crippen molar-refractivity contribution in [2.75, 3.05) is 18.4 Å². The van der Waals surface area contributed by atoms with Crippen LogP contribution in [-0.4, -0.2) is 39.8 Å². The van der Waals surface area contributed by atoms with E-state index < -0.39 is 0 Å². The Kier molecular flexibility index (Phi) is 6.18. The molecule has 1 aliphatic heterocycles. The second-order valence-corrected chi connectivity index (χ2v) is 8.41. The minimum absolute atomic E-state index is 0.0227. The van der Waals surface area contributed by atoms with Gasteiger partial charge in [-0.3, -0.25) is 9.59 Å².